The number of nitrogens with one attached hydrogen (secondary N) is 1. The number of aryl methyl sites for hydroxylation is 2. The van der Waals surface area contributed by atoms with Gasteiger partial charge in [-0.2, -0.15) is 5.10 Å². The standard InChI is InChI=1S/C20H21N5OS/c1-12-10-27-19-16(12)21-11-22-20(19)24-23-9-14-8-13-4-2-6-25-7-3-5-15(17(13)25)18(14)26/h8-11,26H,2-7H2,1H3,(H,21,22,24). The number of benzene rings is 1. The Hall–Kier alpha value is -2.67. The molecule has 7 heteroatoms. The molecule has 2 aliphatic heterocycles. The van der Waals surface area contributed by atoms with Crippen molar-refractivity contribution in [3.63, 3.8) is 0 Å². The number of thiophene rings is 1. The quantitative estimate of drug-likeness (QED) is 0.534. The summed E-state index contributed by atoms with van der Waals surface area (Å²) < 4.78 is 0.993. The van der Waals surface area contributed by atoms with Crippen molar-refractivity contribution >= 4 is 39.3 Å². The zero-order chi connectivity index (χ0) is 18.4. The van der Waals surface area contributed by atoms with Gasteiger partial charge in [0.05, 0.1) is 16.4 Å². The molecular weight excluding hydrogens is 358 g/mol. The van der Waals surface area contributed by atoms with Gasteiger partial charge < -0.3 is 10.0 Å². The van der Waals surface area contributed by atoms with Gasteiger partial charge in [-0.05, 0) is 55.2 Å². The molecule has 3 aromatic rings. The van der Waals surface area contributed by atoms with Crippen LogP contribution >= 0.6 is 11.3 Å². The number of aromatic nitrogens is 2. The van der Waals surface area contributed by atoms with E-state index in [1.54, 1.807) is 23.9 Å². The minimum atomic E-state index is 0.366. The SMILES string of the molecule is Cc1csc2c(NN=Cc3cc4c5c(c3O)CCCN5CCC4)ncnc12. The normalized spacial score (nSPS) is 16.1. The van der Waals surface area contributed by atoms with E-state index >= 15 is 0 Å². The largest absolute Gasteiger partial charge is 0.507 e. The van der Waals surface area contributed by atoms with Crippen LogP contribution in [0.1, 0.15) is 35.1 Å². The van der Waals surface area contributed by atoms with Crippen LogP contribution in [0.5, 0.6) is 5.75 Å². The Morgan fingerprint density at radius 3 is 3.00 bits per heavy atom. The molecule has 0 aliphatic carbocycles. The first-order chi connectivity index (χ1) is 13.2. The van der Waals surface area contributed by atoms with Crippen LogP contribution in [0, 0.1) is 6.92 Å². The molecule has 0 spiro atoms. The van der Waals surface area contributed by atoms with E-state index in [4.69, 9.17) is 0 Å². The molecule has 0 saturated carbocycles. The first-order valence-corrected chi connectivity index (χ1v) is 10.2. The van der Waals surface area contributed by atoms with Gasteiger partial charge >= 0.3 is 0 Å². The molecule has 27 heavy (non-hydrogen) atoms. The minimum absolute atomic E-state index is 0.366. The van der Waals surface area contributed by atoms with Gasteiger partial charge in [0.25, 0.3) is 0 Å². The van der Waals surface area contributed by atoms with Crippen molar-refractivity contribution in [2.45, 2.75) is 32.6 Å². The molecule has 0 amide bonds. The summed E-state index contributed by atoms with van der Waals surface area (Å²) in [7, 11) is 0. The Morgan fingerprint density at radius 1 is 1.26 bits per heavy atom. The molecule has 0 bridgehead atoms. The van der Waals surface area contributed by atoms with Crippen molar-refractivity contribution in [3.8, 4) is 5.75 Å². The van der Waals surface area contributed by atoms with E-state index < -0.39 is 0 Å². The average molecular weight is 379 g/mol. The number of fused-ring (bicyclic) bond motifs is 1. The third-order valence-corrected chi connectivity index (χ3v) is 6.52. The molecule has 2 aliphatic rings. The van der Waals surface area contributed by atoms with Gasteiger partial charge in [-0.3, -0.25) is 5.43 Å². The summed E-state index contributed by atoms with van der Waals surface area (Å²) in [6.45, 7) is 4.23. The van der Waals surface area contributed by atoms with E-state index in [0.29, 0.717) is 11.6 Å². The Bertz CT molecular complexity index is 1060. The van der Waals surface area contributed by atoms with Crippen LogP contribution in [0.3, 0.4) is 0 Å². The maximum absolute atomic E-state index is 10.8. The van der Waals surface area contributed by atoms with E-state index in [0.717, 1.165) is 59.3 Å². The number of rotatable bonds is 3. The fourth-order valence-corrected chi connectivity index (χ4v) is 5.12. The molecule has 0 saturated heterocycles. The summed E-state index contributed by atoms with van der Waals surface area (Å²) in [6.07, 6.45) is 7.51. The lowest BCUT2D eigenvalue weighted by Gasteiger charge is -2.37. The van der Waals surface area contributed by atoms with Crippen molar-refractivity contribution in [2.75, 3.05) is 23.4 Å². The van der Waals surface area contributed by atoms with E-state index in [-0.39, 0.29) is 0 Å². The monoisotopic (exact) mass is 379 g/mol. The van der Waals surface area contributed by atoms with Gasteiger partial charge in [-0.15, -0.1) is 11.3 Å². The molecule has 4 heterocycles. The van der Waals surface area contributed by atoms with Crippen molar-refractivity contribution in [2.24, 2.45) is 5.10 Å². The highest BCUT2D eigenvalue weighted by Gasteiger charge is 2.27. The van der Waals surface area contributed by atoms with Gasteiger partial charge in [0.1, 0.15) is 12.1 Å². The molecule has 1 aromatic carbocycles. The number of nitrogens with zero attached hydrogens (tertiary/aromatic N) is 4. The molecule has 6 nitrogen and oxygen atoms in total. The number of hydrogen-bond donors (Lipinski definition) is 2. The number of phenolic OH excluding ortho intramolecular Hbond substituents is 1. The average Bonchev–Trinajstić information content (AvgIpc) is 3.07. The third kappa shape index (κ3) is 2.73. The second-order valence-electron chi connectivity index (χ2n) is 7.18. The maximum Gasteiger partial charge on any atom is 0.167 e. The van der Waals surface area contributed by atoms with E-state index in [1.807, 2.05) is 6.92 Å². The summed E-state index contributed by atoms with van der Waals surface area (Å²) in [5, 5.41) is 17.2. The Kier molecular flexibility index (Phi) is 3.97. The molecule has 5 rings (SSSR count). The van der Waals surface area contributed by atoms with Crippen molar-refractivity contribution < 1.29 is 5.11 Å². The van der Waals surface area contributed by atoms with Crippen molar-refractivity contribution in [3.05, 3.63) is 40.0 Å². The van der Waals surface area contributed by atoms with Crippen molar-refractivity contribution in [1.29, 1.82) is 0 Å². The van der Waals surface area contributed by atoms with Crippen LogP contribution in [-0.2, 0) is 12.8 Å². The number of hydrazone groups is 1. The molecule has 2 aromatic heterocycles. The molecule has 0 unspecified atom stereocenters. The first kappa shape index (κ1) is 16.5. The predicted octanol–water partition coefficient (Wildman–Crippen LogP) is 3.85. The summed E-state index contributed by atoms with van der Waals surface area (Å²) in [6, 6.07) is 2.09. The highest BCUT2D eigenvalue weighted by molar-refractivity contribution is 7.18. The zero-order valence-corrected chi connectivity index (χ0v) is 16.0. The lowest BCUT2D eigenvalue weighted by molar-refractivity contribution is 0.461. The van der Waals surface area contributed by atoms with Crippen molar-refractivity contribution in [1.82, 2.24) is 9.97 Å². The fourth-order valence-electron chi connectivity index (χ4n) is 4.18. The molecule has 138 valence electrons. The smallest absolute Gasteiger partial charge is 0.167 e. The highest BCUT2D eigenvalue weighted by Crippen LogP contribution is 2.41. The second-order valence-corrected chi connectivity index (χ2v) is 8.06. The van der Waals surface area contributed by atoms with Crippen LogP contribution < -0.4 is 10.3 Å². The first-order valence-electron chi connectivity index (χ1n) is 9.33. The lowest BCUT2D eigenvalue weighted by Crippen LogP contribution is -2.34. The van der Waals surface area contributed by atoms with Crippen LogP contribution in [0.15, 0.2) is 22.9 Å². The topological polar surface area (TPSA) is 73.6 Å². The maximum atomic E-state index is 10.8. The van der Waals surface area contributed by atoms with Crippen LogP contribution in [0.2, 0.25) is 0 Å². The van der Waals surface area contributed by atoms with Gasteiger partial charge in [0.15, 0.2) is 5.82 Å². The number of aromatic hydroxyl groups is 1. The van der Waals surface area contributed by atoms with E-state index in [9.17, 15) is 5.11 Å². The molecule has 0 fully saturated rings. The summed E-state index contributed by atoms with van der Waals surface area (Å²) in [4.78, 5) is 11.1. The number of phenols is 1. The third-order valence-electron chi connectivity index (χ3n) is 5.43. The van der Waals surface area contributed by atoms with Crippen LogP contribution in [0.25, 0.3) is 10.2 Å². The van der Waals surface area contributed by atoms with Gasteiger partial charge in [-0.1, -0.05) is 0 Å². The number of anilines is 2. The van der Waals surface area contributed by atoms with E-state index in [2.05, 4.69) is 36.8 Å². The predicted molar refractivity (Wildman–Crippen MR) is 110 cm³/mol. The van der Waals surface area contributed by atoms with Gasteiger partial charge in [-0.25, -0.2) is 9.97 Å². The Morgan fingerprint density at radius 2 is 2.11 bits per heavy atom. The molecule has 0 radical (unpaired) electrons. The van der Waals surface area contributed by atoms with Gasteiger partial charge in [0, 0.05) is 29.9 Å². The van der Waals surface area contributed by atoms with Crippen LogP contribution in [0.4, 0.5) is 11.5 Å². The molecular formula is C20H21N5OS. The summed E-state index contributed by atoms with van der Waals surface area (Å²) in [5.74, 6) is 1.06. The lowest BCUT2D eigenvalue weighted by atomic mass is 9.89. The van der Waals surface area contributed by atoms with Crippen LogP contribution in [-0.4, -0.2) is 34.4 Å². The molecule has 2 N–H and O–H groups in total. The Labute approximate surface area is 161 Å². The zero-order valence-electron chi connectivity index (χ0n) is 15.2. The summed E-state index contributed by atoms with van der Waals surface area (Å²) >= 11 is 1.61. The second kappa shape index (κ2) is 6.49. The fraction of sp³-hybridized carbons (Fsp3) is 0.350. The van der Waals surface area contributed by atoms with Gasteiger partial charge in [0.2, 0.25) is 0 Å². The van der Waals surface area contributed by atoms with E-state index in [1.165, 1.54) is 17.7 Å². The Balaban J connectivity index is 1.47. The minimum Gasteiger partial charge on any atom is -0.507 e. The summed E-state index contributed by atoms with van der Waals surface area (Å²) in [5.41, 5.74) is 9.56. The number of hydrogen-bond acceptors (Lipinski definition) is 7. The highest BCUT2D eigenvalue weighted by atomic mass is 32.1. The molecule has 0 atom stereocenters.